The van der Waals surface area contributed by atoms with Crippen LogP contribution in [0.3, 0.4) is 0 Å². The molecule has 0 saturated heterocycles. The van der Waals surface area contributed by atoms with Crippen LogP contribution in [0.4, 0.5) is 37.6 Å². The molecule has 0 aliphatic carbocycles. The van der Waals surface area contributed by atoms with E-state index in [1.54, 1.807) is 36.3 Å². The molecule has 4 aromatic rings. The summed E-state index contributed by atoms with van der Waals surface area (Å²) in [4.78, 5) is 22.5. The van der Waals surface area contributed by atoms with Gasteiger partial charge in [-0.2, -0.15) is 10.1 Å². The third-order valence-electron chi connectivity index (χ3n) is 5.27. The minimum Gasteiger partial charge on any atom is -0.337 e. The molecule has 0 aliphatic heterocycles. The summed E-state index contributed by atoms with van der Waals surface area (Å²) in [6.45, 7) is 3.86. The monoisotopic (exact) mass is 504 g/mol. The van der Waals surface area contributed by atoms with Crippen molar-refractivity contribution in [2.45, 2.75) is 6.54 Å². The van der Waals surface area contributed by atoms with E-state index in [-0.39, 0.29) is 23.3 Å². The Bertz CT molecular complexity index is 1450. The Morgan fingerprint density at radius 1 is 1.08 bits per heavy atom. The zero-order chi connectivity index (χ0) is 26.5. The van der Waals surface area contributed by atoms with Gasteiger partial charge >= 0.3 is 0 Å². The third kappa shape index (κ3) is 6.33. The van der Waals surface area contributed by atoms with Crippen molar-refractivity contribution in [1.29, 1.82) is 0 Å². The van der Waals surface area contributed by atoms with E-state index in [1.165, 1.54) is 30.5 Å². The highest BCUT2D eigenvalue weighted by Gasteiger charge is 2.15. The molecule has 0 unspecified atom stereocenters. The highest BCUT2D eigenvalue weighted by atomic mass is 19.1. The summed E-state index contributed by atoms with van der Waals surface area (Å²) in [7, 11) is 5.49. The molecule has 37 heavy (non-hydrogen) atoms. The number of hydrogen-bond donors (Lipinski definition) is 3. The van der Waals surface area contributed by atoms with Crippen LogP contribution in [-0.2, 0) is 18.4 Å². The summed E-state index contributed by atoms with van der Waals surface area (Å²) < 4.78 is 31.3. The molecule has 3 N–H and O–H groups in total. The first-order valence-corrected chi connectivity index (χ1v) is 11.3. The van der Waals surface area contributed by atoms with Crippen LogP contribution >= 0.6 is 0 Å². The van der Waals surface area contributed by atoms with Gasteiger partial charge in [0.2, 0.25) is 11.9 Å². The van der Waals surface area contributed by atoms with Crippen LogP contribution in [0.15, 0.2) is 67.6 Å². The molecule has 0 saturated carbocycles. The quantitative estimate of drug-likeness (QED) is 0.281. The minimum atomic E-state index is -0.574. The number of carbonyl (C=O) groups is 1. The van der Waals surface area contributed by atoms with Crippen molar-refractivity contribution in [2.75, 3.05) is 30.0 Å². The number of nitrogens with one attached hydrogen (secondary N) is 3. The summed E-state index contributed by atoms with van der Waals surface area (Å²) in [6.07, 6.45) is 5.99. The van der Waals surface area contributed by atoms with Crippen LogP contribution in [-0.4, -0.2) is 44.7 Å². The third-order valence-corrected chi connectivity index (χ3v) is 5.27. The van der Waals surface area contributed by atoms with Crippen molar-refractivity contribution in [3.8, 4) is 11.1 Å². The molecule has 0 radical (unpaired) electrons. The lowest BCUT2D eigenvalue weighted by Crippen LogP contribution is -2.12. The van der Waals surface area contributed by atoms with Gasteiger partial charge in [-0.3, -0.25) is 9.48 Å². The maximum atomic E-state index is 14.9. The normalized spacial score (nSPS) is 10.9. The first-order chi connectivity index (χ1) is 17.7. The Hall–Kier alpha value is -4.64. The molecule has 2 aromatic heterocycles. The maximum absolute atomic E-state index is 14.9. The molecule has 190 valence electrons. The number of aromatic nitrogens is 4. The van der Waals surface area contributed by atoms with E-state index in [0.717, 1.165) is 6.08 Å². The number of rotatable bonds is 9. The van der Waals surface area contributed by atoms with Crippen LogP contribution in [0.25, 0.3) is 11.1 Å². The summed E-state index contributed by atoms with van der Waals surface area (Å²) in [6, 6.07) is 8.93. The number of halogens is 2. The zero-order valence-electron chi connectivity index (χ0n) is 20.6. The molecule has 4 rings (SSSR count). The van der Waals surface area contributed by atoms with E-state index >= 15 is 0 Å². The highest BCUT2D eigenvalue weighted by molar-refractivity contribution is 5.99. The number of nitrogens with zero attached hydrogens (tertiary/aromatic N) is 5. The fourth-order valence-corrected chi connectivity index (χ4v) is 3.57. The number of benzene rings is 2. The molecule has 0 aliphatic rings. The van der Waals surface area contributed by atoms with E-state index in [0.29, 0.717) is 34.6 Å². The van der Waals surface area contributed by atoms with Gasteiger partial charge in [0.15, 0.2) is 0 Å². The first-order valence-electron chi connectivity index (χ1n) is 11.3. The predicted molar refractivity (Wildman–Crippen MR) is 140 cm³/mol. The minimum absolute atomic E-state index is 0.0545. The molecule has 0 bridgehead atoms. The summed E-state index contributed by atoms with van der Waals surface area (Å²) in [5.74, 6) is -0.935. The van der Waals surface area contributed by atoms with Crippen molar-refractivity contribution < 1.29 is 13.6 Å². The SMILES string of the molecule is C=CC(=O)Nc1ccc(F)c(Nc2nc(Nc3cnn(C)c3)ncc2-c2ccc(CN(C)C)c(F)c2)c1. The van der Waals surface area contributed by atoms with Crippen molar-refractivity contribution in [3.63, 3.8) is 0 Å². The number of anilines is 5. The molecule has 0 spiro atoms. The van der Waals surface area contributed by atoms with Gasteiger partial charge in [-0.05, 0) is 50.0 Å². The zero-order valence-corrected chi connectivity index (χ0v) is 20.6. The second-order valence-electron chi connectivity index (χ2n) is 8.54. The first kappa shape index (κ1) is 25.5. The van der Waals surface area contributed by atoms with Crippen LogP contribution in [0.1, 0.15) is 5.56 Å². The van der Waals surface area contributed by atoms with E-state index < -0.39 is 11.7 Å². The topological polar surface area (TPSA) is 100 Å². The fourth-order valence-electron chi connectivity index (χ4n) is 3.57. The standard InChI is InChI=1S/C26H26F2N8O/c1-5-24(37)31-18-8-9-21(27)23(11-18)33-25-20(16-6-7-17(14-35(2)3)22(28)10-16)13-29-26(34-25)32-19-12-30-36(4)15-19/h5-13,15H,1,14H2,2-4H3,(H,31,37)(H2,29,32,33,34). The van der Waals surface area contributed by atoms with Gasteiger partial charge in [-0.25, -0.2) is 13.8 Å². The molecule has 0 atom stereocenters. The van der Waals surface area contributed by atoms with Gasteiger partial charge in [0, 0.05) is 42.8 Å². The summed E-state index contributed by atoms with van der Waals surface area (Å²) in [5.41, 5.74) is 2.56. The van der Waals surface area contributed by atoms with Crippen molar-refractivity contribution in [1.82, 2.24) is 24.6 Å². The maximum Gasteiger partial charge on any atom is 0.247 e. The van der Waals surface area contributed by atoms with Crippen LogP contribution in [0.5, 0.6) is 0 Å². The second kappa shape index (κ2) is 11.0. The van der Waals surface area contributed by atoms with Gasteiger partial charge in [0.05, 0.1) is 17.6 Å². The largest absolute Gasteiger partial charge is 0.337 e. The molecular formula is C26H26F2N8O. The lowest BCUT2D eigenvalue weighted by atomic mass is 10.0. The molecule has 2 heterocycles. The van der Waals surface area contributed by atoms with E-state index in [1.807, 2.05) is 19.0 Å². The van der Waals surface area contributed by atoms with Gasteiger partial charge in [0.25, 0.3) is 0 Å². The van der Waals surface area contributed by atoms with E-state index in [9.17, 15) is 13.6 Å². The van der Waals surface area contributed by atoms with Crippen molar-refractivity contribution in [3.05, 3.63) is 84.8 Å². The van der Waals surface area contributed by atoms with E-state index in [4.69, 9.17) is 0 Å². The van der Waals surface area contributed by atoms with Gasteiger partial charge in [-0.1, -0.05) is 18.7 Å². The smallest absolute Gasteiger partial charge is 0.247 e. The average molecular weight is 505 g/mol. The van der Waals surface area contributed by atoms with Crippen LogP contribution in [0.2, 0.25) is 0 Å². The Kier molecular flexibility index (Phi) is 7.54. The second-order valence-corrected chi connectivity index (χ2v) is 8.54. The molecule has 1 amide bonds. The number of carbonyl (C=O) groups excluding carboxylic acids is 1. The number of aryl methyl sites for hydroxylation is 1. The average Bonchev–Trinajstić information content (AvgIpc) is 3.26. The lowest BCUT2D eigenvalue weighted by Gasteiger charge is -2.16. The van der Waals surface area contributed by atoms with Crippen molar-refractivity contribution >= 4 is 34.7 Å². The Morgan fingerprint density at radius 2 is 1.89 bits per heavy atom. The lowest BCUT2D eigenvalue weighted by molar-refractivity contribution is -0.111. The van der Waals surface area contributed by atoms with Crippen LogP contribution < -0.4 is 16.0 Å². The Labute approximate surface area is 212 Å². The number of amides is 1. The molecule has 2 aromatic carbocycles. The predicted octanol–water partition coefficient (Wildman–Crippen LogP) is 4.83. The molecule has 0 fully saturated rings. The van der Waals surface area contributed by atoms with Gasteiger partial charge < -0.3 is 20.9 Å². The van der Waals surface area contributed by atoms with Crippen molar-refractivity contribution in [2.24, 2.45) is 7.05 Å². The Balaban J connectivity index is 1.74. The molecular weight excluding hydrogens is 478 g/mol. The molecule has 11 heteroatoms. The number of hydrogen-bond acceptors (Lipinski definition) is 7. The summed E-state index contributed by atoms with van der Waals surface area (Å²) in [5, 5.41) is 12.7. The van der Waals surface area contributed by atoms with Gasteiger partial charge in [0.1, 0.15) is 17.5 Å². The summed E-state index contributed by atoms with van der Waals surface area (Å²) >= 11 is 0. The Morgan fingerprint density at radius 3 is 2.57 bits per heavy atom. The molecule has 9 nitrogen and oxygen atoms in total. The van der Waals surface area contributed by atoms with Crippen LogP contribution in [0, 0.1) is 11.6 Å². The fraction of sp³-hybridized carbons (Fsp3) is 0.154. The van der Waals surface area contributed by atoms with E-state index in [2.05, 4.69) is 37.6 Å². The van der Waals surface area contributed by atoms with Gasteiger partial charge in [-0.15, -0.1) is 0 Å². The highest BCUT2D eigenvalue weighted by Crippen LogP contribution is 2.32.